The molecule has 1 aromatic carbocycles. The maximum Gasteiger partial charge on any atom is 0.407 e. The van der Waals surface area contributed by atoms with Crippen molar-refractivity contribution in [3.05, 3.63) is 35.4 Å². The monoisotopic (exact) mass is 274 g/mol. The van der Waals surface area contributed by atoms with Gasteiger partial charge in [-0.3, -0.25) is 14.5 Å². The summed E-state index contributed by atoms with van der Waals surface area (Å²) in [5.74, 6) is -0.661. The summed E-state index contributed by atoms with van der Waals surface area (Å²) < 4.78 is 0. The van der Waals surface area contributed by atoms with Crippen molar-refractivity contribution < 1.29 is 19.5 Å². The van der Waals surface area contributed by atoms with Gasteiger partial charge in [0.15, 0.2) is 0 Å². The zero-order chi connectivity index (χ0) is 14.3. The Hall–Kier alpha value is -2.37. The summed E-state index contributed by atoms with van der Waals surface area (Å²) in [5.41, 5.74) is 0.801. The fourth-order valence-electron chi connectivity index (χ4n) is 2.89. The van der Waals surface area contributed by atoms with Crippen LogP contribution >= 0.6 is 0 Å². The second-order valence-electron chi connectivity index (χ2n) is 5.04. The molecule has 0 aliphatic carbocycles. The Balaban J connectivity index is 1.82. The lowest BCUT2D eigenvalue weighted by molar-refractivity contribution is 0.0603. The Kier molecular flexibility index (Phi) is 2.93. The quantitative estimate of drug-likeness (QED) is 0.827. The second kappa shape index (κ2) is 4.63. The Bertz CT molecular complexity index is 564. The summed E-state index contributed by atoms with van der Waals surface area (Å²) in [6, 6.07) is 6.38. The van der Waals surface area contributed by atoms with E-state index in [0.717, 1.165) is 11.3 Å². The zero-order valence-electron chi connectivity index (χ0n) is 10.8. The first-order valence-electron chi connectivity index (χ1n) is 6.54. The third kappa shape index (κ3) is 1.84. The van der Waals surface area contributed by atoms with Gasteiger partial charge in [0.1, 0.15) is 0 Å². The molecular formula is C14H14N2O4. The molecule has 6 nitrogen and oxygen atoms in total. The highest BCUT2D eigenvalue weighted by Crippen LogP contribution is 2.25. The number of imide groups is 1. The van der Waals surface area contributed by atoms with Gasteiger partial charge < -0.3 is 10.0 Å². The first-order valence-corrected chi connectivity index (χ1v) is 6.54. The number of carboxylic acid groups (broad SMARTS) is 1. The van der Waals surface area contributed by atoms with Gasteiger partial charge in [-0.05, 0) is 25.0 Å². The fourth-order valence-corrected chi connectivity index (χ4v) is 2.89. The third-order valence-corrected chi connectivity index (χ3v) is 3.89. The predicted molar refractivity (Wildman–Crippen MR) is 69.6 cm³/mol. The van der Waals surface area contributed by atoms with Crippen LogP contribution in [0.2, 0.25) is 0 Å². The number of hydrogen-bond acceptors (Lipinski definition) is 3. The number of hydrogen-bond donors (Lipinski definition) is 1. The minimum Gasteiger partial charge on any atom is -0.465 e. The summed E-state index contributed by atoms with van der Waals surface area (Å²) in [7, 11) is 0. The number of carbonyl (C=O) groups is 3. The molecule has 3 amide bonds. The van der Waals surface area contributed by atoms with Gasteiger partial charge in [-0.15, -0.1) is 0 Å². The molecule has 0 spiro atoms. The van der Waals surface area contributed by atoms with Crippen LogP contribution in [-0.4, -0.2) is 51.9 Å². The van der Waals surface area contributed by atoms with E-state index >= 15 is 0 Å². The Labute approximate surface area is 115 Å². The Morgan fingerprint density at radius 3 is 2.35 bits per heavy atom. The number of amides is 3. The molecule has 2 heterocycles. The normalized spacial score (nSPS) is 21.5. The van der Waals surface area contributed by atoms with Gasteiger partial charge in [0, 0.05) is 13.1 Å². The maximum atomic E-state index is 12.2. The molecule has 104 valence electrons. The molecule has 1 N–H and O–H groups in total. The largest absolute Gasteiger partial charge is 0.465 e. The van der Waals surface area contributed by atoms with Crippen LogP contribution < -0.4 is 0 Å². The molecule has 1 aromatic rings. The summed E-state index contributed by atoms with van der Waals surface area (Å²) in [6.07, 6.45) is 0.448. The number of benzene rings is 1. The van der Waals surface area contributed by atoms with Crippen LogP contribution in [0.1, 0.15) is 33.6 Å². The number of nitrogens with zero attached hydrogens (tertiary/aromatic N) is 2. The number of carbonyl (C=O) groups excluding carboxylic acids is 2. The molecule has 0 unspecified atom stereocenters. The lowest BCUT2D eigenvalue weighted by atomic mass is 10.1. The molecule has 6 heteroatoms. The predicted octanol–water partition coefficient (Wildman–Crippen LogP) is 1.43. The topological polar surface area (TPSA) is 77.9 Å². The highest BCUT2D eigenvalue weighted by atomic mass is 16.4. The molecule has 2 aliphatic heterocycles. The minimum atomic E-state index is -0.996. The maximum absolute atomic E-state index is 12.2. The Morgan fingerprint density at radius 2 is 1.80 bits per heavy atom. The fraction of sp³-hybridized carbons (Fsp3) is 0.357. The standard InChI is InChI=1S/C14H14N2O4/c17-12-10-5-1-2-6-11(10)13(18)16(12)8-9-4-3-7-15(9)14(19)20/h1-2,5-6,9H,3-4,7-8H2,(H,19,20)/t9-/m0/s1. The third-order valence-electron chi connectivity index (χ3n) is 3.89. The Morgan fingerprint density at radius 1 is 1.20 bits per heavy atom. The van der Waals surface area contributed by atoms with Crippen molar-refractivity contribution >= 4 is 17.9 Å². The highest BCUT2D eigenvalue weighted by molar-refractivity contribution is 6.21. The van der Waals surface area contributed by atoms with Crippen LogP contribution in [0, 0.1) is 0 Å². The summed E-state index contributed by atoms with van der Waals surface area (Å²) >= 11 is 0. The van der Waals surface area contributed by atoms with Gasteiger partial charge in [0.05, 0.1) is 17.2 Å². The molecule has 2 aliphatic rings. The van der Waals surface area contributed by atoms with E-state index in [0.29, 0.717) is 24.1 Å². The van der Waals surface area contributed by atoms with Crippen LogP contribution in [0.4, 0.5) is 4.79 Å². The van der Waals surface area contributed by atoms with E-state index in [4.69, 9.17) is 5.11 Å². The van der Waals surface area contributed by atoms with Crippen molar-refractivity contribution in [3.63, 3.8) is 0 Å². The van der Waals surface area contributed by atoms with Gasteiger partial charge in [-0.1, -0.05) is 12.1 Å². The highest BCUT2D eigenvalue weighted by Gasteiger charge is 2.39. The van der Waals surface area contributed by atoms with E-state index in [2.05, 4.69) is 0 Å². The van der Waals surface area contributed by atoms with E-state index < -0.39 is 6.09 Å². The van der Waals surface area contributed by atoms with Crippen LogP contribution in [0.5, 0.6) is 0 Å². The lowest BCUT2D eigenvalue weighted by Crippen LogP contribution is -2.44. The van der Waals surface area contributed by atoms with Gasteiger partial charge in [-0.2, -0.15) is 0 Å². The summed E-state index contributed by atoms with van der Waals surface area (Å²) in [5, 5.41) is 9.10. The van der Waals surface area contributed by atoms with Crippen molar-refractivity contribution in [2.45, 2.75) is 18.9 Å². The van der Waals surface area contributed by atoms with Crippen molar-refractivity contribution in [3.8, 4) is 0 Å². The van der Waals surface area contributed by atoms with Crippen molar-refractivity contribution in [2.24, 2.45) is 0 Å². The molecule has 0 aromatic heterocycles. The smallest absolute Gasteiger partial charge is 0.407 e. The second-order valence-corrected chi connectivity index (χ2v) is 5.04. The van der Waals surface area contributed by atoms with Gasteiger partial charge >= 0.3 is 6.09 Å². The van der Waals surface area contributed by atoms with E-state index in [1.165, 1.54) is 4.90 Å². The van der Waals surface area contributed by atoms with Crippen LogP contribution in [-0.2, 0) is 0 Å². The van der Waals surface area contributed by atoms with Crippen LogP contribution in [0.25, 0.3) is 0 Å². The van der Waals surface area contributed by atoms with Crippen molar-refractivity contribution in [2.75, 3.05) is 13.1 Å². The van der Waals surface area contributed by atoms with E-state index in [1.54, 1.807) is 24.3 Å². The molecular weight excluding hydrogens is 260 g/mol. The molecule has 1 fully saturated rings. The first kappa shape index (κ1) is 12.7. The van der Waals surface area contributed by atoms with Crippen molar-refractivity contribution in [1.29, 1.82) is 0 Å². The van der Waals surface area contributed by atoms with Crippen LogP contribution in [0.3, 0.4) is 0 Å². The molecule has 0 radical (unpaired) electrons. The van der Waals surface area contributed by atoms with Gasteiger partial charge in [-0.25, -0.2) is 4.79 Å². The average molecular weight is 274 g/mol. The summed E-state index contributed by atoms with van der Waals surface area (Å²) in [6.45, 7) is 0.599. The summed E-state index contributed by atoms with van der Waals surface area (Å²) in [4.78, 5) is 38.0. The van der Waals surface area contributed by atoms with Crippen LogP contribution in [0.15, 0.2) is 24.3 Å². The van der Waals surface area contributed by atoms with Gasteiger partial charge in [0.2, 0.25) is 0 Å². The van der Waals surface area contributed by atoms with E-state index in [-0.39, 0.29) is 24.4 Å². The average Bonchev–Trinajstić information content (AvgIpc) is 2.99. The number of fused-ring (bicyclic) bond motifs is 1. The lowest BCUT2D eigenvalue weighted by Gasteiger charge is -2.25. The van der Waals surface area contributed by atoms with E-state index in [9.17, 15) is 14.4 Å². The first-order chi connectivity index (χ1) is 9.59. The molecule has 0 saturated carbocycles. The zero-order valence-corrected chi connectivity index (χ0v) is 10.8. The molecule has 1 atom stereocenters. The van der Waals surface area contributed by atoms with E-state index in [1.807, 2.05) is 0 Å². The van der Waals surface area contributed by atoms with Crippen molar-refractivity contribution in [1.82, 2.24) is 9.80 Å². The molecule has 0 bridgehead atoms. The molecule has 1 saturated heterocycles. The minimum absolute atomic E-state index is 0.138. The molecule has 3 rings (SSSR count). The number of likely N-dealkylation sites (tertiary alicyclic amines) is 1. The molecule has 20 heavy (non-hydrogen) atoms. The van der Waals surface area contributed by atoms with Gasteiger partial charge in [0.25, 0.3) is 11.8 Å². The SMILES string of the molecule is O=C1c2ccccc2C(=O)N1C[C@@H]1CCCN1C(=O)O. The number of rotatable bonds is 2.